The number of aryl methyl sites for hydroxylation is 1. The molecule has 0 saturated carbocycles. The highest BCUT2D eigenvalue weighted by atomic mass is 32.2. The fourth-order valence-corrected chi connectivity index (χ4v) is 2.97. The van der Waals surface area contributed by atoms with Gasteiger partial charge < -0.3 is 9.47 Å². The molecule has 0 heterocycles. The predicted octanol–water partition coefficient (Wildman–Crippen LogP) is 2.62. The summed E-state index contributed by atoms with van der Waals surface area (Å²) in [6.07, 6.45) is 0. The van der Waals surface area contributed by atoms with Crippen molar-refractivity contribution in [2.75, 3.05) is 27.3 Å². The summed E-state index contributed by atoms with van der Waals surface area (Å²) < 4.78 is 49.4. The molecule has 0 amide bonds. The third kappa shape index (κ3) is 4.80. The molecule has 0 aliphatic heterocycles. The van der Waals surface area contributed by atoms with Gasteiger partial charge in [-0.3, -0.25) is 0 Å². The molecule has 0 saturated heterocycles. The number of hydrogen-bond acceptors (Lipinski definition) is 5. The van der Waals surface area contributed by atoms with Crippen LogP contribution in [0.25, 0.3) is 0 Å². The Labute approximate surface area is 152 Å². The van der Waals surface area contributed by atoms with Crippen LogP contribution in [-0.4, -0.2) is 46.0 Å². The molecule has 0 N–H and O–H groups in total. The van der Waals surface area contributed by atoms with Crippen molar-refractivity contribution in [3.8, 4) is 5.75 Å². The lowest BCUT2D eigenvalue weighted by Crippen LogP contribution is -2.23. The predicted molar refractivity (Wildman–Crippen MR) is 94.2 cm³/mol. The highest BCUT2D eigenvalue weighted by Crippen LogP contribution is 2.18. The highest BCUT2D eigenvalue weighted by molar-refractivity contribution is 7.89. The average molecular weight is 381 g/mol. The van der Waals surface area contributed by atoms with Gasteiger partial charge in [0.2, 0.25) is 10.0 Å². The Hall–Kier alpha value is -2.45. The summed E-state index contributed by atoms with van der Waals surface area (Å²) in [6, 6.07) is 10.3. The molecule has 0 aliphatic carbocycles. The molecule has 0 aromatic heterocycles. The molecule has 6 nitrogen and oxygen atoms in total. The van der Waals surface area contributed by atoms with E-state index in [0.717, 1.165) is 28.1 Å². The molecule has 0 atom stereocenters. The van der Waals surface area contributed by atoms with E-state index in [4.69, 9.17) is 9.47 Å². The minimum absolute atomic E-state index is 0.0894. The summed E-state index contributed by atoms with van der Waals surface area (Å²) in [7, 11) is -1.09. The van der Waals surface area contributed by atoms with E-state index in [0.29, 0.717) is 5.75 Å². The summed E-state index contributed by atoms with van der Waals surface area (Å²) in [4.78, 5) is 11.9. The van der Waals surface area contributed by atoms with Crippen molar-refractivity contribution < 1.29 is 27.1 Å². The first-order valence-corrected chi connectivity index (χ1v) is 9.24. The molecular formula is C18H20FNO5S. The molecule has 0 bridgehead atoms. The van der Waals surface area contributed by atoms with Gasteiger partial charge in [-0.2, -0.15) is 0 Å². The Balaban J connectivity index is 1.99. The maximum Gasteiger partial charge on any atom is 0.341 e. The number of hydrogen-bond donors (Lipinski definition) is 0. The Morgan fingerprint density at radius 1 is 1.08 bits per heavy atom. The highest BCUT2D eigenvalue weighted by Gasteiger charge is 2.22. The van der Waals surface area contributed by atoms with E-state index in [-0.39, 0.29) is 18.1 Å². The van der Waals surface area contributed by atoms with Crippen molar-refractivity contribution in [3.63, 3.8) is 0 Å². The standard InChI is InChI=1S/C18H20FNO5S/c1-13-4-6-14(7-5-13)24-10-11-25-18(21)16-12-15(8-9-17(16)19)26(22,23)20(2)3/h4-9,12H,10-11H2,1-3H3. The first-order valence-electron chi connectivity index (χ1n) is 7.80. The van der Waals surface area contributed by atoms with E-state index in [1.54, 1.807) is 12.1 Å². The number of carbonyl (C=O) groups excluding carboxylic acids is 1. The zero-order valence-electron chi connectivity index (χ0n) is 14.7. The minimum atomic E-state index is -3.78. The van der Waals surface area contributed by atoms with Crippen molar-refractivity contribution in [1.29, 1.82) is 0 Å². The lowest BCUT2D eigenvalue weighted by atomic mass is 10.2. The van der Waals surface area contributed by atoms with Gasteiger partial charge in [-0.05, 0) is 37.3 Å². The fourth-order valence-electron chi connectivity index (χ4n) is 2.04. The number of benzene rings is 2. The molecule has 0 unspecified atom stereocenters. The van der Waals surface area contributed by atoms with Crippen LogP contribution < -0.4 is 4.74 Å². The first kappa shape index (κ1) is 19.9. The third-order valence-corrected chi connectivity index (χ3v) is 5.35. The molecule has 26 heavy (non-hydrogen) atoms. The largest absolute Gasteiger partial charge is 0.490 e. The Kier molecular flexibility index (Phi) is 6.33. The summed E-state index contributed by atoms with van der Waals surface area (Å²) in [5.41, 5.74) is 0.648. The molecule has 0 radical (unpaired) electrons. The van der Waals surface area contributed by atoms with Gasteiger partial charge in [-0.25, -0.2) is 21.9 Å². The van der Waals surface area contributed by atoms with E-state index in [1.807, 2.05) is 19.1 Å². The summed E-state index contributed by atoms with van der Waals surface area (Å²) in [5.74, 6) is -1.19. The third-order valence-electron chi connectivity index (χ3n) is 3.54. The molecular weight excluding hydrogens is 361 g/mol. The second-order valence-corrected chi connectivity index (χ2v) is 7.88. The second-order valence-electron chi connectivity index (χ2n) is 5.73. The smallest absolute Gasteiger partial charge is 0.341 e. The Bertz CT molecular complexity index is 879. The van der Waals surface area contributed by atoms with Gasteiger partial charge >= 0.3 is 5.97 Å². The van der Waals surface area contributed by atoms with Crippen LogP contribution in [0.3, 0.4) is 0 Å². The van der Waals surface area contributed by atoms with Gasteiger partial charge in [-0.1, -0.05) is 17.7 Å². The van der Waals surface area contributed by atoms with Crippen molar-refractivity contribution >= 4 is 16.0 Å². The minimum Gasteiger partial charge on any atom is -0.490 e. The van der Waals surface area contributed by atoms with Crippen LogP contribution >= 0.6 is 0 Å². The van der Waals surface area contributed by atoms with E-state index in [9.17, 15) is 17.6 Å². The average Bonchev–Trinajstić information content (AvgIpc) is 2.60. The van der Waals surface area contributed by atoms with Crippen molar-refractivity contribution in [2.45, 2.75) is 11.8 Å². The van der Waals surface area contributed by atoms with E-state index < -0.39 is 27.4 Å². The second kappa shape index (κ2) is 8.29. The van der Waals surface area contributed by atoms with Crippen LogP contribution in [0.2, 0.25) is 0 Å². The first-order chi connectivity index (χ1) is 12.2. The Morgan fingerprint density at radius 2 is 1.73 bits per heavy atom. The molecule has 0 aliphatic rings. The molecule has 140 valence electrons. The number of esters is 1. The number of sulfonamides is 1. The monoisotopic (exact) mass is 381 g/mol. The lowest BCUT2D eigenvalue weighted by molar-refractivity contribution is 0.0445. The van der Waals surface area contributed by atoms with Crippen LogP contribution in [-0.2, 0) is 14.8 Å². The molecule has 0 fully saturated rings. The van der Waals surface area contributed by atoms with Crippen LogP contribution in [0.4, 0.5) is 4.39 Å². The zero-order valence-corrected chi connectivity index (χ0v) is 15.5. The maximum atomic E-state index is 13.9. The number of ether oxygens (including phenoxy) is 2. The zero-order chi connectivity index (χ0) is 19.3. The SMILES string of the molecule is Cc1ccc(OCCOC(=O)c2cc(S(=O)(=O)N(C)C)ccc2F)cc1. The van der Waals surface area contributed by atoms with Crippen LogP contribution in [0, 0.1) is 12.7 Å². The maximum absolute atomic E-state index is 13.9. The molecule has 2 aromatic rings. The topological polar surface area (TPSA) is 72.9 Å². The van der Waals surface area contributed by atoms with Gasteiger partial charge in [-0.15, -0.1) is 0 Å². The van der Waals surface area contributed by atoms with Gasteiger partial charge in [0.15, 0.2) is 0 Å². The molecule has 2 aromatic carbocycles. The quantitative estimate of drug-likeness (QED) is 0.545. The van der Waals surface area contributed by atoms with Crippen molar-refractivity contribution in [2.24, 2.45) is 0 Å². The van der Waals surface area contributed by atoms with E-state index >= 15 is 0 Å². The van der Waals surface area contributed by atoms with Crippen molar-refractivity contribution in [3.05, 3.63) is 59.4 Å². The van der Waals surface area contributed by atoms with Gasteiger partial charge in [0.25, 0.3) is 0 Å². The number of nitrogens with zero attached hydrogens (tertiary/aromatic N) is 1. The van der Waals surface area contributed by atoms with Crippen LogP contribution in [0.5, 0.6) is 5.75 Å². The van der Waals surface area contributed by atoms with E-state index in [1.165, 1.54) is 14.1 Å². The molecule has 0 spiro atoms. The molecule has 2 rings (SSSR count). The number of halogens is 1. The van der Waals surface area contributed by atoms with Gasteiger partial charge in [0.05, 0.1) is 10.5 Å². The van der Waals surface area contributed by atoms with Gasteiger partial charge in [0.1, 0.15) is 24.8 Å². The Morgan fingerprint density at radius 3 is 2.35 bits per heavy atom. The lowest BCUT2D eigenvalue weighted by Gasteiger charge is -2.13. The summed E-state index contributed by atoms with van der Waals surface area (Å²) in [5, 5.41) is 0. The van der Waals surface area contributed by atoms with Crippen LogP contribution in [0.1, 0.15) is 15.9 Å². The molecule has 8 heteroatoms. The normalized spacial score (nSPS) is 11.4. The van der Waals surface area contributed by atoms with E-state index in [2.05, 4.69) is 0 Å². The summed E-state index contributed by atoms with van der Waals surface area (Å²) in [6.45, 7) is 1.94. The summed E-state index contributed by atoms with van der Waals surface area (Å²) >= 11 is 0. The van der Waals surface area contributed by atoms with Crippen LogP contribution in [0.15, 0.2) is 47.4 Å². The van der Waals surface area contributed by atoms with Gasteiger partial charge in [0, 0.05) is 14.1 Å². The number of carbonyl (C=O) groups is 1. The van der Waals surface area contributed by atoms with Crippen molar-refractivity contribution in [1.82, 2.24) is 4.31 Å². The fraction of sp³-hybridized carbons (Fsp3) is 0.278. The number of rotatable bonds is 7.